The van der Waals surface area contributed by atoms with Crippen molar-refractivity contribution in [3.05, 3.63) is 23.0 Å². The number of hydrogen-bond acceptors (Lipinski definition) is 10. The van der Waals surface area contributed by atoms with Crippen LogP contribution in [0.5, 0.6) is 0 Å². The minimum absolute atomic E-state index is 0.0557. The van der Waals surface area contributed by atoms with Crippen LogP contribution >= 0.6 is 0 Å². The Kier molecular flexibility index (Phi) is 5.40. The first-order valence-electron chi connectivity index (χ1n) is 8.31. The van der Waals surface area contributed by atoms with Crippen LogP contribution in [0.3, 0.4) is 0 Å². The number of imidazole rings is 1. The summed E-state index contributed by atoms with van der Waals surface area (Å²) in [5.41, 5.74) is -0.223. The average molecular weight is 394 g/mol. The predicted octanol–water partition coefficient (Wildman–Crippen LogP) is -0.556. The molecule has 12 nitrogen and oxygen atoms in total. The lowest BCUT2D eigenvalue weighted by molar-refractivity contribution is -0.166. The highest BCUT2D eigenvalue weighted by Gasteiger charge is 2.51. The fourth-order valence-electron chi connectivity index (χ4n) is 2.97. The van der Waals surface area contributed by atoms with Gasteiger partial charge in [0.25, 0.3) is 5.56 Å². The van der Waals surface area contributed by atoms with Crippen molar-refractivity contribution in [1.82, 2.24) is 19.5 Å². The number of aromatic amines is 1. The van der Waals surface area contributed by atoms with Gasteiger partial charge in [0.2, 0.25) is 0 Å². The topological polar surface area (TPSA) is 152 Å². The maximum Gasteiger partial charge on any atom is 0.303 e. The van der Waals surface area contributed by atoms with Gasteiger partial charge in [0.1, 0.15) is 12.7 Å². The van der Waals surface area contributed by atoms with Gasteiger partial charge in [-0.25, -0.2) is 9.97 Å². The van der Waals surface area contributed by atoms with E-state index >= 15 is 0 Å². The van der Waals surface area contributed by atoms with E-state index in [1.54, 1.807) is 0 Å². The second-order valence-electron chi connectivity index (χ2n) is 6.07. The highest BCUT2D eigenvalue weighted by Crippen LogP contribution is 2.35. The number of fused-ring (bicyclic) bond motifs is 1. The summed E-state index contributed by atoms with van der Waals surface area (Å²) in [6, 6.07) is 0. The average Bonchev–Trinajstić information content (AvgIpc) is 3.16. The molecule has 0 aliphatic carbocycles. The summed E-state index contributed by atoms with van der Waals surface area (Å²) < 4.78 is 22.8. The van der Waals surface area contributed by atoms with Gasteiger partial charge in [-0.2, -0.15) is 0 Å². The predicted molar refractivity (Wildman–Crippen MR) is 89.8 cm³/mol. The van der Waals surface area contributed by atoms with Crippen molar-refractivity contribution >= 4 is 29.1 Å². The summed E-state index contributed by atoms with van der Waals surface area (Å²) in [5.74, 6) is -1.83. The van der Waals surface area contributed by atoms with Crippen LogP contribution in [0.1, 0.15) is 27.0 Å². The highest BCUT2D eigenvalue weighted by molar-refractivity contribution is 5.70. The third-order valence-corrected chi connectivity index (χ3v) is 3.98. The SMILES string of the molecule is CC(=O)OC[C@@H]1O[C@H](n2cnc3c(=O)[nH]cnc32)[C@H](OC(C)=O)[C@@H]1OC(C)=O. The number of carbonyl (C=O) groups excluding carboxylic acids is 3. The molecule has 1 N–H and O–H groups in total. The third kappa shape index (κ3) is 3.86. The molecule has 1 saturated heterocycles. The molecule has 1 aliphatic rings. The number of carbonyl (C=O) groups is 3. The first kappa shape index (κ1) is 19.5. The molecule has 3 rings (SSSR count). The Morgan fingerprint density at radius 3 is 2.43 bits per heavy atom. The van der Waals surface area contributed by atoms with E-state index in [9.17, 15) is 19.2 Å². The summed E-state index contributed by atoms with van der Waals surface area (Å²) in [4.78, 5) is 56.8. The van der Waals surface area contributed by atoms with Crippen molar-refractivity contribution in [3.8, 4) is 0 Å². The lowest BCUT2D eigenvalue weighted by Crippen LogP contribution is -2.40. The second kappa shape index (κ2) is 7.76. The summed E-state index contributed by atoms with van der Waals surface area (Å²) in [6.07, 6.45) is -1.58. The fourth-order valence-corrected chi connectivity index (χ4v) is 2.97. The summed E-state index contributed by atoms with van der Waals surface area (Å²) in [7, 11) is 0. The second-order valence-corrected chi connectivity index (χ2v) is 6.07. The number of aromatic nitrogens is 4. The van der Waals surface area contributed by atoms with Crippen molar-refractivity contribution in [2.24, 2.45) is 0 Å². The van der Waals surface area contributed by atoms with E-state index in [1.165, 1.54) is 38.0 Å². The van der Waals surface area contributed by atoms with Gasteiger partial charge in [-0.05, 0) is 0 Å². The molecule has 0 spiro atoms. The minimum Gasteiger partial charge on any atom is -0.463 e. The van der Waals surface area contributed by atoms with E-state index in [0.29, 0.717) is 0 Å². The van der Waals surface area contributed by atoms with Gasteiger partial charge >= 0.3 is 17.9 Å². The lowest BCUT2D eigenvalue weighted by Gasteiger charge is -2.23. The molecule has 3 heterocycles. The summed E-state index contributed by atoms with van der Waals surface area (Å²) in [6.45, 7) is 3.36. The molecule has 0 aromatic carbocycles. The molecule has 150 valence electrons. The van der Waals surface area contributed by atoms with E-state index in [-0.39, 0.29) is 17.8 Å². The van der Waals surface area contributed by atoms with Crippen LogP contribution in [-0.4, -0.2) is 62.3 Å². The summed E-state index contributed by atoms with van der Waals surface area (Å²) in [5, 5.41) is 0. The quantitative estimate of drug-likeness (QED) is 0.516. The molecule has 2 aromatic heterocycles. The van der Waals surface area contributed by atoms with Crippen LogP contribution in [0.2, 0.25) is 0 Å². The lowest BCUT2D eigenvalue weighted by atomic mass is 10.1. The Bertz CT molecular complexity index is 967. The Hall–Kier alpha value is -3.28. The molecule has 2 aromatic rings. The van der Waals surface area contributed by atoms with E-state index in [2.05, 4.69) is 15.0 Å². The van der Waals surface area contributed by atoms with Crippen LogP contribution in [0.15, 0.2) is 17.4 Å². The first-order valence-corrected chi connectivity index (χ1v) is 8.31. The summed E-state index contributed by atoms with van der Waals surface area (Å²) >= 11 is 0. The fraction of sp³-hybridized carbons (Fsp3) is 0.500. The normalized spacial score (nSPS) is 24.1. The van der Waals surface area contributed by atoms with E-state index in [1.807, 2.05) is 0 Å². The number of ether oxygens (including phenoxy) is 4. The molecule has 0 saturated carbocycles. The molecule has 0 amide bonds. The van der Waals surface area contributed by atoms with Crippen LogP contribution in [-0.2, 0) is 33.3 Å². The van der Waals surface area contributed by atoms with Gasteiger partial charge in [-0.1, -0.05) is 0 Å². The van der Waals surface area contributed by atoms with Gasteiger partial charge in [0.05, 0.1) is 12.7 Å². The van der Waals surface area contributed by atoms with Gasteiger partial charge < -0.3 is 23.9 Å². The Labute approximate surface area is 157 Å². The molecule has 4 atom stereocenters. The molecular formula is C16H18N4O8. The number of esters is 3. The van der Waals surface area contributed by atoms with E-state index in [4.69, 9.17) is 18.9 Å². The Morgan fingerprint density at radius 1 is 1.11 bits per heavy atom. The van der Waals surface area contributed by atoms with Crippen molar-refractivity contribution in [1.29, 1.82) is 0 Å². The van der Waals surface area contributed by atoms with Gasteiger partial charge in [-0.3, -0.25) is 23.7 Å². The van der Waals surface area contributed by atoms with Crippen molar-refractivity contribution in [3.63, 3.8) is 0 Å². The highest BCUT2D eigenvalue weighted by atomic mass is 16.7. The number of nitrogens with one attached hydrogen (secondary N) is 1. The molecule has 28 heavy (non-hydrogen) atoms. The van der Waals surface area contributed by atoms with E-state index in [0.717, 1.165) is 0 Å². The zero-order valence-corrected chi connectivity index (χ0v) is 15.3. The molecule has 0 radical (unpaired) electrons. The first-order chi connectivity index (χ1) is 13.3. The minimum atomic E-state index is -1.08. The Balaban J connectivity index is 2.02. The van der Waals surface area contributed by atoms with Crippen molar-refractivity contribution in [2.75, 3.05) is 6.61 Å². The van der Waals surface area contributed by atoms with Crippen LogP contribution in [0.25, 0.3) is 11.2 Å². The van der Waals surface area contributed by atoms with Gasteiger partial charge in [-0.15, -0.1) is 0 Å². The smallest absolute Gasteiger partial charge is 0.303 e. The maximum absolute atomic E-state index is 11.9. The molecule has 1 fully saturated rings. The maximum atomic E-state index is 11.9. The standard InChI is InChI=1S/C16H18N4O8/c1-7(21)25-4-10-12(26-8(2)22)13(27-9(3)23)16(28-10)20-6-19-11-14(20)17-5-18-15(11)24/h5-6,10,12-13,16H,4H2,1-3H3,(H,17,18,24)/t10-,12+,13+,16-/m0/s1. The number of rotatable bonds is 5. The molecule has 0 bridgehead atoms. The Morgan fingerprint density at radius 2 is 1.79 bits per heavy atom. The molecule has 0 unspecified atom stereocenters. The van der Waals surface area contributed by atoms with Gasteiger partial charge in [0, 0.05) is 20.8 Å². The number of nitrogens with zero attached hydrogens (tertiary/aromatic N) is 3. The van der Waals surface area contributed by atoms with Crippen LogP contribution < -0.4 is 5.56 Å². The third-order valence-electron chi connectivity index (χ3n) is 3.98. The number of hydrogen-bond donors (Lipinski definition) is 1. The van der Waals surface area contributed by atoms with Crippen molar-refractivity contribution < 1.29 is 33.3 Å². The molecular weight excluding hydrogens is 376 g/mol. The van der Waals surface area contributed by atoms with Crippen molar-refractivity contribution in [2.45, 2.75) is 45.3 Å². The molecule has 12 heteroatoms. The zero-order valence-electron chi connectivity index (χ0n) is 15.3. The zero-order chi connectivity index (χ0) is 20.4. The monoisotopic (exact) mass is 394 g/mol. The largest absolute Gasteiger partial charge is 0.463 e. The van der Waals surface area contributed by atoms with Gasteiger partial charge in [0.15, 0.2) is 29.6 Å². The van der Waals surface area contributed by atoms with E-state index < -0.39 is 48.0 Å². The van der Waals surface area contributed by atoms with Crippen LogP contribution in [0.4, 0.5) is 0 Å². The van der Waals surface area contributed by atoms with Crippen LogP contribution in [0, 0.1) is 0 Å². The number of H-pyrrole nitrogens is 1. The molecule has 1 aliphatic heterocycles.